The number of halogens is 1. The van der Waals surface area contributed by atoms with Gasteiger partial charge in [0, 0.05) is 11.3 Å². The van der Waals surface area contributed by atoms with Crippen LogP contribution in [0.3, 0.4) is 0 Å². The molecule has 0 aromatic heterocycles. The zero-order valence-corrected chi connectivity index (χ0v) is 16.0. The van der Waals surface area contributed by atoms with E-state index in [0.717, 1.165) is 44.2 Å². The van der Waals surface area contributed by atoms with Crippen molar-refractivity contribution in [2.45, 2.75) is 6.92 Å². The van der Waals surface area contributed by atoms with Gasteiger partial charge in [-0.2, -0.15) is 0 Å². The third kappa shape index (κ3) is 4.29. The van der Waals surface area contributed by atoms with E-state index in [-0.39, 0.29) is 5.91 Å². The Morgan fingerprint density at radius 1 is 1.19 bits per heavy atom. The van der Waals surface area contributed by atoms with E-state index in [2.05, 4.69) is 17.1 Å². The summed E-state index contributed by atoms with van der Waals surface area (Å²) in [6, 6.07) is 12.7. The maximum absolute atomic E-state index is 12.4. The fourth-order valence-corrected chi connectivity index (χ4v) is 3.50. The van der Waals surface area contributed by atoms with Crippen LogP contribution in [-0.2, 0) is 0 Å². The van der Waals surface area contributed by atoms with Crippen LogP contribution in [0.2, 0.25) is 5.02 Å². The first-order valence-electron chi connectivity index (χ1n) is 8.94. The number of amides is 1. The van der Waals surface area contributed by atoms with Crippen LogP contribution in [0.4, 0.5) is 11.4 Å². The summed E-state index contributed by atoms with van der Waals surface area (Å²) < 4.78 is 5.11. The van der Waals surface area contributed by atoms with Gasteiger partial charge in [-0.15, -0.1) is 0 Å². The molecule has 0 bridgehead atoms. The van der Waals surface area contributed by atoms with Gasteiger partial charge in [0.05, 0.1) is 50.5 Å². The number of piperazine rings is 1. The number of benzene rings is 2. The highest BCUT2D eigenvalue weighted by molar-refractivity contribution is 6.33. The molecule has 138 valence electrons. The molecule has 0 saturated carbocycles. The lowest BCUT2D eigenvalue weighted by Gasteiger charge is -2.33. The number of hydrogen-bond donors (Lipinski definition) is 2. The van der Waals surface area contributed by atoms with Gasteiger partial charge in [0.25, 0.3) is 5.91 Å². The van der Waals surface area contributed by atoms with Gasteiger partial charge < -0.3 is 19.9 Å². The summed E-state index contributed by atoms with van der Waals surface area (Å²) in [6.07, 6.45) is 0. The van der Waals surface area contributed by atoms with Crippen LogP contribution in [0.5, 0.6) is 5.75 Å². The quantitative estimate of drug-likeness (QED) is 0.844. The predicted octanol–water partition coefficient (Wildman–Crippen LogP) is 2.33. The van der Waals surface area contributed by atoms with Gasteiger partial charge in [-0.1, -0.05) is 11.6 Å². The van der Waals surface area contributed by atoms with Crippen molar-refractivity contribution in [2.75, 3.05) is 50.1 Å². The van der Waals surface area contributed by atoms with E-state index in [1.165, 1.54) is 0 Å². The fourth-order valence-electron chi connectivity index (χ4n) is 3.20. The number of nitrogens with one attached hydrogen (secondary N) is 2. The van der Waals surface area contributed by atoms with E-state index >= 15 is 0 Å². The van der Waals surface area contributed by atoms with Crippen molar-refractivity contribution in [1.29, 1.82) is 0 Å². The molecule has 26 heavy (non-hydrogen) atoms. The number of hydrogen-bond acceptors (Lipinski definition) is 3. The zero-order valence-electron chi connectivity index (χ0n) is 15.2. The molecule has 0 aliphatic carbocycles. The molecular weight excluding hydrogens is 350 g/mol. The average molecular weight is 375 g/mol. The normalized spacial score (nSPS) is 15.0. The molecule has 2 aromatic carbocycles. The Balaban J connectivity index is 1.66. The lowest BCUT2D eigenvalue weighted by molar-refractivity contribution is -0.898. The number of ether oxygens (including phenoxy) is 1. The van der Waals surface area contributed by atoms with Gasteiger partial charge in [-0.25, -0.2) is 0 Å². The minimum Gasteiger partial charge on any atom is -0.497 e. The molecule has 1 fully saturated rings. The molecule has 0 spiro atoms. The SMILES string of the molecule is CC[NH+]1CCN(c2ccc(NC(=O)c3ccc(OC)cc3)cc2Cl)CC1. The molecule has 6 heteroatoms. The van der Waals surface area contributed by atoms with Gasteiger partial charge in [0.15, 0.2) is 0 Å². The first kappa shape index (κ1) is 18.5. The summed E-state index contributed by atoms with van der Waals surface area (Å²) in [5.74, 6) is 0.551. The zero-order chi connectivity index (χ0) is 18.5. The van der Waals surface area contributed by atoms with E-state index in [0.29, 0.717) is 16.3 Å². The topological polar surface area (TPSA) is 46.0 Å². The first-order chi connectivity index (χ1) is 12.6. The molecule has 1 aliphatic heterocycles. The van der Waals surface area contributed by atoms with Crippen LogP contribution >= 0.6 is 11.6 Å². The Bertz CT molecular complexity index is 756. The van der Waals surface area contributed by atoms with E-state index in [1.54, 1.807) is 36.3 Å². The van der Waals surface area contributed by atoms with Crippen molar-refractivity contribution in [3.05, 3.63) is 53.1 Å². The number of carbonyl (C=O) groups is 1. The van der Waals surface area contributed by atoms with Crippen molar-refractivity contribution in [2.24, 2.45) is 0 Å². The van der Waals surface area contributed by atoms with E-state index in [9.17, 15) is 4.79 Å². The van der Waals surface area contributed by atoms with Crippen LogP contribution in [0.25, 0.3) is 0 Å². The van der Waals surface area contributed by atoms with E-state index in [1.807, 2.05) is 18.2 Å². The molecule has 1 amide bonds. The first-order valence-corrected chi connectivity index (χ1v) is 9.32. The molecule has 0 radical (unpaired) electrons. The predicted molar refractivity (Wildman–Crippen MR) is 106 cm³/mol. The molecule has 2 aromatic rings. The van der Waals surface area contributed by atoms with Crippen LogP contribution in [-0.4, -0.2) is 45.7 Å². The number of carbonyl (C=O) groups excluding carboxylic acids is 1. The van der Waals surface area contributed by atoms with Gasteiger partial charge >= 0.3 is 0 Å². The summed E-state index contributed by atoms with van der Waals surface area (Å²) in [5.41, 5.74) is 2.30. The molecule has 5 nitrogen and oxygen atoms in total. The number of likely N-dealkylation sites (N-methyl/N-ethyl adjacent to an activating group) is 1. The van der Waals surface area contributed by atoms with Gasteiger partial charge in [0.1, 0.15) is 5.75 Å². The summed E-state index contributed by atoms with van der Waals surface area (Å²) in [5, 5.41) is 3.56. The Morgan fingerprint density at radius 3 is 2.46 bits per heavy atom. The standard InChI is InChI=1S/C20H24ClN3O2/c1-3-23-10-12-24(13-11-23)19-9-6-16(14-18(19)21)22-20(25)15-4-7-17(26-2)8-5-15/h4-9,14H,3,10-13H2,1-2H3,(H,22,25)/p+1. The summed E-state index contributed by atoms with van der Waals surface area (Å²) >= 11 is 6.49. The molecule has 0 unspecified atom stereocenters. The highest BCUT2D eigenvalue weighted by atomic mass is 35.5. The van der Waals surface area contributed by atoms with Crippen molar-refractivity contribution >= 4 is 28.9 Å². The third-order valence-electron chi connectivity index (χ3n) is 4.87. The molecule has 2 N–H and O–H groups in total. The smallest absolute Gasteiger partial charge is 0.255 e. The highest BCUT2D eigenvalue weighted by Gasteiger charge is 2.20. The molecule has 1 heterocycles. The summed E-state index contributed by atoms with van der Waals surface area (Å²) in [4.78, 5) is 16.3. The lowest BCUT2D eigenvalue weighted by atomic mass is 10.2. The van der Waals surface area contributed by atoms with E-state index in [4.69, 9.17) is 16.3 Å². The molecule has 3 rings (SSSR count). The van der Waals surface area contributed by atoms with Gasteiger partial charge in [0.2, 0.25) is 0 Å². The Kier molecular flexibility index (Phi) is 6.01. The Morgan fingerprint density at radius 2 is 1.88 bits per heavy atom. The second-order valence-electron chi connectivity index (χ2n) is 6.44. The maximum Gasteiger partial charge on any atom is 0.255 e. The number of rotatable bonds is 5. The molecule has 1 saturated heterocycles. The number of nitrogens with zero attached hydrogens (tertiary/aromatic N) is 1. The third-order valence-corrected chi connectivity index (χ3v) is 5.17. The van der Waals surface area contributed by atoms with E-state index < -0.39 is 0 Å². The monoisotopic (exact) mass is 374 g/mol. The Labute approximate surface area is 159 Å². The minimum absolute atomic E-state index is 0.170. The number of anilines is 2. The fraction of sp³-hybridized carbons (Fsp3) is 0.350. The van der Waals surface area contributed by atoms with Crippen LogP contribution in [0.15, 0.2) is 42.5 Å². The molecular formula is C20H25ClN3O2+. The van der Waals surface area contributed by atoms with Crippen LogP contribution in [0, 0.1) is 0 Å². The van der Waals surface area contributed by atoms with Gasteiger partial charge in [-0.05, 0) is 49.4 Å². The van der Waals surface area contributed by atoms with Crippen LogP contribution in [0.1, 0.15) is 17.3 Å². The Hall–Kier alpha value is -2.24. The largest absolute Gasteiger partial charge is 0.497 e. The molecule has 0 atom stereocenters. The summed E-state index contributed by atoms with van der Waals surface area (Å²) in [6.45, 7) is 7.64. The highest BCUT2D eigenvalue weighted by Crippen LogP contribution is 2.29. The summed E-state index contributed by atoms with van der Waals surface area (Å²) in [7, 11) is 1.60. The molecule has 1 aliphatic rings. The van der Waals surface area contributed by atoms with Crippen molar-refractivity contribution in [3.8, 4) is 5.75 Å². The van der Waals surface area contributed by atoms with Crippen molar-refractivity contribution < 1.29 is 14.4 Å². The second kappa shape index (κ2) is 8.43. The van der Waals surface area contributed by atoms with Crippen LogP contribution < -0.4 is 19.9 Å². The van der Waals surface area contributed by atoms with Crippen molar-refractivity contribution in [1.82, 2.24) is 0 Å². The lowest BCUT2D eigenvalue weighted by Crippen LogP contribution is -3.14. The maximum atomic E-state index is 12.4. The van der Waals surface area contributed by atoms with Crippen molar-refractivity contribution in [3.63, 3.8) is 0 Å². The van der Waals surface area contributed by atoms with Gasteiger partial charge in [-0.3, -0.25) is 4.79 Å². The number of methoxy groups -OCH3 is 1. The second-order valence-corrected chi connectivity index (χ2v) is 6.85. The average Bonchev–Trinajstić information content (AvgIpc) is 2.68. The number of quaternary nitrogens is 1. The minimum atomic E-state index is -0.170.